The van der Waals surface area contributed by atoms with E-state index in [0.29, 0.717) is 12.3 Å². The van der Waals surface area contributed by atoms with Crippen LogP contribution in [0.4, 0.5) is 5.13 Å². The normalized spacial score (nSPS) is 16.3. The molecule has 0 amide bonds. The van der Waals surface area contributed by atoms with Crippen LogP contribution < -0.4 is 4.90 Å². The summed E-state index contributed by atoms with van der Waals surface area (Å²) in [6.45, 7) is 6.24. The van der Waals surface area contributed by atoms with Crippen molar-refractivity contribution in [3.63, 3.8) is 0 Å². The standard InChI is InChI=1S/C23H31N5OS/c1-3-4-7-17(14-20-18-8-5-6-9-19(18)25-26-20)15-21(29)22-16-24-23(30-22)28-12-10-27(2)11-13-28/h5-6,8-9,16-17H,3-4,7,10-15H2,1-2H3,(H,25,26). The summed E-state index contributed by atoms with van der Waals surface area (Å²) in [7, 11) is 2.15. The maximum absolute atomic E-state index is 13.1. The van der Waals surface area contributed by atoms with E-state index in [1.54, 1.807) is 17.5 Å². The molecule has 0 aliphatic carbocycles. The molecule has 7 heteroatoms. The predicted octanol–water partition coefficient (Wildman–Crippen LogP) is 4.39. The van der Waals surface area contributed by atoms with Gasteiger partial charge in [-0.15, -0.1) is 0 Å². The molecule has 3 heterocycles. The number of ketones is 1. The van der Waals surface area contributed by atoms with E-state index in [1.165, 1.54) is 5.39 Å². The second-order valence-corrected chi connectivity index (χ2v) is 9.37. The molecule has 4 rings (SSSR count). The van der Waals surface area contributed by atoms with Crippen LogP contribution >= 0.6 is 11.3 Å². The zero-order valence-electron chi connectivity index (χ0n) is 17.9. The molecule has 0 bridgehead atoms. The number of carbonyl (C=O) groups excluding carboxylic acids is 1. The number of para-hydroxylation sites is 1. The van der Waals surface area contributed by atoms with Gasteiger partial charge in [0.2, 0.25) is 0 Å². The number of nitrogens with zero attached hydrogens (tertiary/aromatic N) is 4. The largest absolute Gasteiger partial charge is 0.346 e. The fourth-order valence-corrected chi connectivity index (χ4v) is 5.04. The molecule has 1 atom stereocenters. The van der Waals surface area contributed by atoms with E-state index in [1.807, 2.05) is 18.2 Å². The Kier molecular flexibility index (Phi) is 6.79. The number of Topliss-reactive ketones (excluding diaryl/α,β-unsaturated/α-hetero) is 1. The van der Waals surface area contributed by atoms with Gasteiger partial charge in [-0.25, -0.2) is 4.98 Å². The van der Waals surface area contributed by atoms with E-state index in [-0.39, 0.29) is 5.78 Å². The van der Waals surface area contributed by atoms with Gasteiger partial charge in [-0.05, 0) is 31.9 Å². The lowest BCUT2D eigenvalue weighted by Gasteiger charge is -2.32. The van der Waals surface area contributed by atoms with Gasteiger partial charge < -0.3 is 9.80 Å². The number of thiazole rings is 1. The monoisotopic (exact) mass is 425 g/mol. The van der Waals surface area contributed by atoms with Gasteiger partial charge in [0.05, 0.1) is 16.6 Å². The van der Waals surface area contributed by atoms with Crippen LogP contribution in [0.3, 0.4) is 0 Å². The number of aromatic nitrogens is 3. The summed E-state index contributed by atoms with van der Waals surface area (Å²) in [6.07, 6.45) is 6.54. The van der Waals surface area contributed by atoms with Gasteiger partial charge in [-0.1, -0.05) is 49.3 Å². The van der Waals surface area contributed by atoms with E-state index in [0.717, 1.165) is 73.1 Å². The molecule has 1 aromatic carbocycles. The van der Waals surface area contributed by atoms with Crippen LogP contribution in [0.5, 0.6) is 0 Å². The lowest BCUT2D eigenvalue weighted by atomic mass is 9.90. The van der Waals surface area contributed by atoms with Gasteiger partial charge in [0.25, 0.3) is 0 Å². The van der Waals surface area contributed by atoms with Gasteiger partial charge in [-0.2, -0.15) is 5.10 Å². The van der Waals surface area contributed by atoms with E-state index in [2.05, 4.69) is 45.0 Å². The zero-order chi connectivity index (χ0) is 20.9. The van der Waals surface area contributed by atoms with E-state index >= 15 is 0 Å². The topological polar surface area (TPSA) is 65.1 Å². The number of aromatic amines is 1. The number of benzene rings is 1. The van der Waals surface area contributed by atoms with Crippen LogP contribution in [0.15, 0.2) is 30.5 Å². The number of rotatable bonds is 9. The summed E-state index contributed by atoms with van der Waals surface area (Å²) < 4.78 is 0. The molecule has 160 valence electrons. The van der Waals surface area contributed by atoms with Crippen molar-refractivity contribution in [2.75, 3.05) is 38.1 Å². The first-order valence-corrected chi connectivity index (χ1v) is 11.8. The molecule has 30 heavy (non-hydrogen) atoms. The maximum atomic E-state index is 13.1. The molecule has 0 saturated carbocycles. The molecular weight excluding hydrogens is 394 g/mol. The fourth-order valence-electron chi connectivity index (χ4n) is 4.13. The average molecular weight is 426 g/mol. The summed E-state index contributed by atoms with van der Waals surface area (Å²) in [5.41, 5.74) is 2.13. The highest BCUT2D eigenvalue weighted by atomic mass is 32.1. The Morgan fingerprint density at radius 1 is 1.23 bits per heavy atom. The van der Waals surface area contributed by atoms with Gasteiger partial charge in [0.15, 0.2) is 10.9 Å². The van der Waals surface area contributed by atoms with Crippen LogP contribution in [0, 0.1) is 5.92 Å². The van der Waals surface area contributed by atoms with Crippen molar-refractivity contribution < 1.29 is 4.79 Å². The van der Waals surface area contributed by atoms with Crippen LogP contribution in [0.2, 0.25) is 0 Å². The first-order chi connectivity index (χ1) is 14.6. The summed E-state index contributed by atoms with van der Waals surface area (Å²) in [6, 6.07) is 8.19. The summed E-state index contributed by atoms with van der Waals surface area (Å²) in [4.78, 5) is 23.1. The molecule has 1 N–H and O–H groups in total. The molecule has 0 spiro atoms. The van der Waals surface area contributed by atoms with E-state index in [9.17, 15) is 4.79 Å². The Balaban J connectivity index is 1.43. The Morgan fingerprint density at radius 2 is 2.03 bits per heavy atom. The Hall–Kier alpha value is -2.25. The molecule has 0 radical (unpaired) electrons. The number of unbranched alkanes of at least 4 members (excludes halogenated alkanes) is 1. The number of nitrogens with one attached hydrogen (secondary N) is 1. The van der Waals surface area contributed by atoms with Crippen LogP contribution in [-0.4, -0.2) is 59.1 Å². The number of fused-ring (bicyclic) bond motifs is 1. The highest BCUT2D eigenvalue weighted by Crippen LogP contribution is 2.28. The van der Waals surface area contributed by atoms with E-state index < -0.39 is 0 Å². The van der Waals surface area contributed by atoms with Crippen molar-refractivity contribution in [2.45, 2.75) is 39.0 Å². The second kappa shape index (κ2) is 9.71. The van der Waals surface area contributed by atoms with Crippen molar-refractivity contribution >= 4 is 33.2 Å². The van der Waals surface area contributed by atoms with Crippen molar-refractivity contribution in [1.29, 1.82) is 0 Å². The van der Waals surface area contributed by atoms with Crippen molar-refractivity contribution in [2.24, 2.45) is 5.92 Å². The number of anilines is 1. The SMILES string of the molecule is CCCCC(CC(=O)c1cnc(N2CCN(C)CC2)s1)Cc1[nH]nc2ccccc12. The molecule has 1 aliphatic rings. The quantitative estimate of drug-likeness (QED) is 0.515. The number of piperazine rings is 1. The number of hydrogen-bond donors (Lipinski definition) is 1. The van der Waals surface area contributed by atoms with Crippen molar-refractivity contribution in [3.05, 3.63) is 41.0 Å². The van der Waals surface area contributed by atoms with Gasteiger partial charge >= 0.3 is 0 Å². The number of hydrogen-bond acceptors (Lipinski definition) is 6. The predicted molar refractivity (Wildman–Crippen MR) is 124 cm³/mol. The summed E-state index contributed by atoms with van der Waals surface area (Å²) >= 11 is 1.55. The maximum Gasteiger partial charge on any atom is 0.186 e. The van der Waals surface area contributed by atoms with Gasteiger partial charge in [0.1, 0.15) is 0 Å². The third kappa shape index (κ3) is 4.90. The molecular formula is C23H31N5OS. The molecule has 6 nitrogen and oxygen atoms in total. The highest BCUT2D eigenvalue weighted by Gasteiger charge is 2.22. The smallest absolute Gasteiger partial charge is 0.186 e. The first-order valence-electron chi connectivity index (χ1n) is 11.0. The third-order valence-corrected chi connectivity index (χ3v) is 7.11. The molecule has 1 aliphatic heterocycles. The summed E-state index contributed by atoms with van der Waals surface area (Å²) in [5, 5.41) is 9.78. The lowest BCUT2D eigenvalue weighted by Crippen LogP contribution is -2.44. The first kappa shape index (κ1) is 21.0. The molecule has 3 aromatic rings. The minimum atomic E-state index is 0.220. The number of likely N-dealkylation sites (N-methyl/N-ethyl adjacent to an activating group) is 1. The van der Waals surface area contributed by atoms with Crippen LogP contribution in [-0.2, 0) is 6.42 Å². The minimum absolute atomic E-state index is 0.220. The van der Waals surface area contributed by atoms with Crippen molar-refractivity contribution in [3.8, 4) is 0 Å². The molecule has 1 fully saturated rings. The molecule has 1 unspecified atom stereocenters. The molecule has 2 aromatic heterocycles. The minimum Gasteiger partial charge on any atom is -0.346 e. The van der Waals surface area contributed by atoms with Gasteiger partial charge in [-0.3, -0.25) is 9.89 Å². The average Bonchev–Trinajstić information content (AvgIpc) is 3.40. The van der Waals surface area contributed by atoms with Gasteiger partial charge in [0, 0.05) is 43.7 Å². The highest BCUT2D eigenvalue weighted by molar-refractivity contribution is 7.17. The zero-order valence-corrected chi connectivity index (χ0v) is 18.7. The Morgan fingerprint density at radius 3 is 2.83 bits per heavy atom. The van der Waals surface area contributed by atoms with Crippen LogP contribution in [0.1, 0.15) is 48.0 Å². The van der Waals surface area contributed by atoms with Crippen LogP contribution in [0.25, 0.3) is 10.9 Å². The second-order valence-electron chi connectivity index (χ2n) is 8.36. The lowest BCUT2D eigenvalue weighted by molar-refractivity contribution is 0.0961. The number of carbonyl (C=O) groups is 1. The Bertz CT molecular complexity index is 973. The Labute approximate surface area is 182 Å². The number of H-pyrrole nitrogens is 1. The summed E-state index contributed by atoms with van der Waals surface area (Å²) in [5.74, 6) is 0.535. The third-order valence-electron chi connectivity index (χ3n) is 6.02. The molecule has 1 saturated heterocycles. The van der Waals surface area contributed by atoms with Crippen molar-refractivity contribution in [1.82, 2.24) is 20.1 Å². The van der Waals surface area contributed by atoms with E-state index in [4.69, 9.17) is 0 Å². The fraction of sp³-hybridized carbons (Fsp3) is 0.522.